The molecular weight excluding hydrogens is 504 g/mol. The van der Waals surface area contributed by atoms with Gasteiger partial charge in [-0.15, -0.1) is 0 Å². The summed E-state index contributed by atoms with van der Waals surface area (Å²) >= 11 is 0. The van der Waals surface area contributed by atoms with E-state index in [2.05, 4.69) is 77.8 Å². The molecular formula is C36H26N4O. The molecule has 0 unspecified atom stereocenters. The Balaban J connectivity index is 1.25. The van der Waals surface area contributed by atoms with Crippen LogP contribution >= 0.6 is 0 Å². The lowest BCUT2D eigenvalue weighted by Gasteiger charge is -2.09. The molecule has 4 aromatic carbocycles. The van der Waals surface area contributed by atoms with E-state index in [-0.39, 0.29) is 5.75 Å². The van der Waals surface area contributed by atoms with Crippen molar-refractivity contribution in [1.82, 2.24) is 19.5 Å². The van der Waals surface area contributed by atoms with Crippen LogP contribution in [0.1, 0.15) is 0 Å². The van der Waals surface area contributed by atoms with Crippen LogP contribution in [0.5, 0.6) is 5.75 Å². The van der Waals surface area contributed by atoms with Crippen molar-refractivity contribution in [1.29, 1.82) is 0 Å². The number of rotatable bonds is 5. The maximum Gasteiger partial charge on any atom is 0.160 e. The zero-order valence-electron chi connectivity index (χ0n) is 22.4. The number of aryl methyl sites for hydroxylation is 1. The van der Waals surface area contributed by atoms with Crippen LogP contribution in [0, 0.1) is 0 Å². The number of hydrogen-bond donors (Lipinski definition) is 1. The molecule has 3 aromatic heterocycles. The number of aromatic hydroxyl groups is 1. The zero-order valence-corrected chi connectivity index (χ0v) is 22.4. The van der Waals surface area contributed by atoms with Crippen LogP contribution in [-0.4, -0.2) is 24.6 Å². The number of benzene rings is 4. The van der Waals surface area contributed by atoms with Crippen molar-refractivity contribution in [2.24, 2.45) is 7.05 Å². The quantitative estimate of drug-likeness (QED) is 0.243. The summed E-state index contributed by atoms with van der Waals surface area (Å²) in [6.45, 7) is 0. The number of nitrogens with zero attached hydrogens (tertiary/aromatic N) is 4. The molecule has 5 nitrogen and oxygen atoms in total. The second-order valence-electron chi connectivity index (χ2n) is 10.00. The highest BCUT2D eigenvalue weighted by molar-refractivity contribution is 5.93. The molecule has 0 amide bonds. The zero-order chi connectivity index (χ0) is 27.8. The minimum atomic E-state index is 0.190. The normalized spacial score (nSPS) is 11.1. The topological polar surface area (TPSA) is 63.8 Å². The van der Waals surface area contributed by atoms with E-state index in [1.165, 1.54) is 11.1 Å². The van der Waals surface area contributed by atoms with Gasteiger partial charge in [0.1, 0.15) is 17.1 Å². The van der Waals surface area contributed by atoms with Gasteiger partial charge in [-0.05, 0) is 64.2 Å². The van der Waals surface area contributed by atoms with E-state index < -0.39 is 0 Å². The van der Waals surface area contributed by atoms with E-state index in [1.807, 2.05) is 54.2 Å². The molecule has 0 spiro atoms. The van der Waals surface area contributed by atoms with E-state index in [0.29, 0.717) is 11.4 Å². The van der Waals surface area contributed by atoms with Crippen molar-refractivity contribution in [2.75, 3.05) is 0 Å². The highest BCUT2D eigenvalue weighted by atomic mass is 16.3. The smallest absolute Gasteiger partial charge is 0.160 e. The number of phenols is 1. The first kappa shape index (κ1) is 24.5. The van der Waals surface area contributed by atoms with Gasteiger partial charge in [0.2, 0.25) is 0 Å². The number of phenolic OH excluding ortho intramolecular Hbond substituents is 1. The van der Waals surface area contributed by atoms with Crippen LogP contribution in [0.15, 0.2) is 134 Å². The summed E-state index contributed by atoms with van der Waals surface area (Å²) < 4.78 is 1.92. The summed E-state index contributed by atoms with van der Waals surface area (Å²) in [5.41, 5.74) is 10.8. The molecule has 0 bridgehead atoms. The highest BCUT2D eigenvalue weighted by Gasteiger charge is 2.17. The lowest BCUT2D eigenvalue weighted by Crippen LogP contribution is -1.94. The van der Waals surface area contributed by atoms with Crippen LogP contribution in [0.2, 0.25) is 0 Å². The SMILES string of the molecule is Cn1c(-c2ccccc2O)nc2c(-c3cccc(-c4cc(-c5ccc(-c6ccccc6)cc5)ccn4)c3)ccnc21. The third-order valence-electron chi connectivity index (χ3n) is 7.46. The van der Waals surface area contributed by atoms with Crippen molar-refractivity contribution in [3.63, 3.8) is 0 Å². The van der Waals surface area contributed by atoms with E-state index in [9.17, 15) is 5.11 Å². The van der Waals surface area contributed by atoms with Crippen molar-refractivity contribution in [3.8, 4) is 61.8 Å². The summed E-state index contributed by atoms with van der Waals surface area (Å²) in [5.74, 6) is 0.858. The molecule has 0 radical (unpaired) electrons. The molecule has 0 atom stereocenters. The molecule has 5 heteroatoms. The van der Waals surface area contributed by atoms with Crippen LogP contribution in [0.3, 0.4) is 0 Å². The minimum absolute atomic E-state index is 0.190. The molecule has 41 heavy (non-hydrogen) atoms. The van der Waals surface area contributed by atoms with Gasteiger partial charge in [0.15, 0.2) is 5.65 Å². The Labute approximate surface area is 238 Å². The lowest BCUT2D eigenvalue weighted by atomic mass is 9.98. The Hall–Kier alpha value is -5.55. The van der Waals surface area contributed by atoms with Crippen molar-refractivity contribution in [2.45, 2.75) is 0 Å². The number of pyridine rings is 2. The van der Waals surface area contributed by atoms with Gasteiger partial charge in [0, 0.05) is 30.6 Å². The first-order valence-corrected chi connectivity index (χ1v) is 13.5. The van der Waals surface area contributed by atoms with Gasteiger partial charge in [-0.25, -0.2) is 9.97 Å². The number of para-hydroxylation sites is 1. The third-order valence-corrected chi connectivity index (χ3v) is 7.46. The Morgan fingerprint density at radius 3 is 2.00 bits per heavy atom. The Morgan fingerprint density at radius 2 is 1.20 bits per heavy atom. The second-order valence-corrected chi connectivity index (χ2v) is 10.00. The van der Waals surface area contributed by atoms with E-state index in [4.69, 9.17) is 9.97 Å². The number of fused-ring (bicyclic) bond motifs is 1. The van der Waals surface area contributed by atoms with Gasteiger partial charge in [-0.1, -0.05) is 84.9 Å². The Bertz CT molecular complexity index is 2010. The van der Waals surface area contributed by atoms with Crippen LogP contribution < -0.4 is 0 Å². The average Bonchev–Trinajstić information content (AvgIpc) is 3.38. The first-order valence-electron chi connectivity index (χ1n) is 13.5. The molecule has 7 aromatic rings. The molecule has 0 saturated carbocycles. The van der Waals surface area contributed by atoms with Crippen molar-refractivity contribution >= 4 is 11.2 Å². The lowest BCUT2D eigenvalue weighted by molar-refractivity contribution is 0.476. The van der Waals surface area contributed by atoms with Crippen molar-refractivity contribution in [3.05, 3.63) is 134 Å². The standard InChI is InChI=1S/C36H26N4O/c1-40-35(31-12-5-6-13-33(31)41)39-34-30(19-21-38-36(34)40)28-10-7-11-29(22-28)32-23-27(18-20-37-32)26-16-14-25(15-17-26)24-8-3-2-4-9-24/h2-23,41H,1H3. The molecule has 0 aliphatic heterocycles. The second kappa shape index (κ2) is 10.2. The fourth-order valence-corrected chi connectivity index (χ4v) is 5.32. The van der Waals surface area contributed by atoms with Gasteiger partial charge in [-0.3, -0.25) is 4.98 Å². The third kappa shape index (κ3) is 4.53. The Morgan fingerprint density at radius 1 is 0.537 bits per heavy atom. The summed E-state index contributed by atoms with van der Waals surface area (Å²) in [4.78, 5) is 14.2. The Kier molecular flexibility index (Phi) is 6.10. The molecule has 0 saturated heterocycles. The van der Waals surface area contributed by atoms with Gasteiger partial charge in [0.05, 0.1) is 11.3 Å². The number of hydrogen-bond acceptors (Lipinski definition) is 4. The van der Waals surface area contributed by atoms with Gasteiger partial charge < -0.3 is 9.67 Å². The minimum Gasteiger partial charge on any atom is -0.507 e. The summed E-state index contributed by atoms with van der Waals surface area (Å²) in [6.07, 6.45) is 3.67. The van der Waals surface area contributed by atoms with E-state index in [0.717, 1.165) is 44.7 Å². The van der Waals surface area contributed by atoms with Gasteiger partial charge in [-0.2, -0.15) is 0 Å². The largest absolute Gasteiger partial charge is 0.507 e. The van der Waals surface area contributed by atoms with Crippen LogP contribution in [-0.2, 0) is 7.05 Å². The monoisotopic (exact) mass is 530 g/mol. The van der Waals surface area contributed by atoms with Gasteiger partial charge >= 0.3 is 0 Å². The van der Waals surface area contributed by atoms with E-state index in [1.54, 1.807) is 18.3 Å². The fraction of sp³-hybridized carbons (Fsp3) is 0.0278. The van der Waals surface area contributed by atoms with Crippen LogP contribution in [0.4, 0.5) is 0 Å². The molecule has 0 aliphatic rings. The fourth-order valence-electron chi connectivity index (χ4n) is 5.32. The molecule has 7 rings (SSSR count). The van der Waals surface area contributed by atoms with Crippen molar-refractivity contribution < 1.29 is 5.11 Å². The highest BCUT2D eigenvalue weighted by Crippen LogP contribution is 2.35. The predicted octanol–water partition coefficient (Wildman–Crippen LogP) is 8.40. The maximum atomic E-state index is 10.5. The summed E-state index contributed by atoms with van der Waals surface area (Å²) in [7, 11) is 1.92. The molecule has 0 fully saturated rings. The summed E-state index contributed by atoms with van der Waals surface area (Å²) in [6, 6.07) is 40.8. The van der Waals surface area contributed by atoms with Crippen LogP contribution in [0.25, 0.3) is 67.2 Å². The molecule has 196 valence electrons. The summed E-state index contributed by atoms with van der Waals surface area (Å²) in [5, 5.41) is 10.5. The predicted molar refractivity (Wildman–Crippen MR) is 165 cm³/mol. The van der Waals surface area contributed by atoms with Gasteiger partial charge in [0.25, 0.3) is 0 Å². The molecule has 0 aliphatic carbocycles. The molecule has 3 heterocycles. The average molecular weight is 531 g/mol. The number of aromatic nitrogens is 4. The number of imidazole rings is 1. The maximum absolute atomic E-state index is 10.5. The first-order chi connectivity index (χ1) is 20.2. The molecule has 1 N–H and O–H groups in total. The van der Waals surface area contributed by atoms with E-state index >= 15 is 0 Å².